The Morgan fingerprint density at radius 2 is 1.85 bits per heavy atom. The first kappa shape index (κ1) is 15.3. The Morgan fingerprint density at radius 1 is 1.20 bits per heavy atom. The van der Waals surface area contributed by atoms with Gasteiger partial charge in [-0.3, -0.25) is 0 Å². The molecule has 0 radical (unpaired) electrons. The average molecular weight is 284 g/mol. The predicted molar refractivity (Wildman–Crippen MR) is 76.4 cm³/mol. The van der Waals surface area contributed by atoms with E-state index in [9.17, 15) is 5.11 Å². The molecule has 1 saturated heterocycles. The van der Waals surface area contributed by atoms with Gasteiger partial charge in [0.05, 0.1) is 14.2 Å². The van der Waals surface area contributed by atoms with Gasteiger partial charge in [-0.15, -0.1) is 0 Å². The molecule has 2 aliphatic heterocycles. The second-order valence-electron chi connectivity index (χ2n) is 5.27. The van der Waals surface area contributed by atoms with E-state index in [1.165, 1.54) is 0 Å². The summed E-state index contributed by atoms with van der Waals surface area (Å²) in [5.41, 5.74) is -0.964. The fourth-order valence-corrected chi connectivity index (χ4v) is 2.71. The molecule has 6 nitrogen and oxygen atoms in total. The minimum atomic E-state index is -0.964. The smallest absolute Gasteiger partial charge is 0.212 e. The van der Waals surface area contributed by atoms with Crippen LogP contribution in [-0.4, -0.2) is 62.0 Å². The monoisotopic (exact) mass is 284 g/mol. The van der Waals surface area contributed by atoms with Crippen LogP contribution in [0, 0.1) is 0 Å². The van der Waals surface area contributed by atoms with Crippen LogP contribution in [0.25, 0.3) is 0 Å². The van der Waals surface area contributed by atoms with Crippen LogP contribution < -0.4 is 0 Å². The van der Waals surface area contributed by atoms with Gasteiger partial charge in [0, 0.05) is 26.1 Å². The van der Waals surface area contributed by atoms with E-state index in [0.717, 1.165) is 12.8 Å². The normalized spacial score (nSPS) is 29.4. The zero-order chi connectivity index (χ0) is 14.6. The molecule has 0 aromatic carbocycles. The van der Waals surface area contributed by atoms with Crippen LogP contribution in [0.15, 0.2) is 9.98 Å². The summed E-state index contributed by atoms with van der Waals surface area (Å²) in [4.78, 5) is 9.16. The molecular weight excluding hydrogens is 260 g/mol. The van der Waals surface area contributed by atoms with Gasteiger partial charge in [-0.05, 0) is 6.42 Å². The van der Waals surface area contributed by atoms with Crippen LogP contribution in [0.1, 0.15) is 32.6 Å². The largest absolute Gasteiger partial charge is 0.483 e. The Balaban J connectivity index is 2.26. The summed E-state index contributed by atoms with van der Waals surface area (Å²) < 4.78 is 16.1. The number of ether oxygens (including phenoxy) is 3. The molecule has 0 spiro atoms. The van der Waals surface area contributed by atoms with Gasteiger partial charge in [-0.1, -0.05) is 13.3 Å². The Hall–Kier alpha value is -1.14. The summed E-state index contributed by atoms with van der Waals surface area (Å²) >= 11 is 0. The van der Waals surface area contributed by atoms with Gasteiger partial charge >= 0.3 is 0 Å². The summed E-state index contributed by atoms with van der Waals surface area (Å²) in [6, 6.07) is -0.612. The van der Waals surface area contributed by atoms with Crippen molar-refractivity contribution in [1.82, 2.24) is 0 Å². The summed E-state index contributed by atoms with van der Waals surface area (Å²) in [7, 11) is 3.17. The molecule has 2 unspecified atom stereocenters. The molecule has 0 aliphatic carbocycles. The summed E-state index contributed by atoms with van der Waals surface area (Å²) in [5.74, 6) is 1.08. The molecule has 20 heavy (non-hydrogen) atoms. The van der Waals surface area contributed by atoms with Gasteiger partial charge in [-0.2, -0.15) is 0 Å². The molecule has 6 heteroatoms. The van der Waals surface area contributed by atoms with Crippen molar-refractivity contribution in [2.75, 3.05) is 27.4 Å². The maximum Gasteiger partial charge on any atom is 0.212 e. The third kappa shape index (κ3) is 2.96. The molecule has 1 fully saturated rings. The highest BCUT2D eigenvalue weighted by molar-refractivity contribution is 5.94. The number of hydrogen-bond acceptors (Lipinski definition) is 6. The van der Waals surface area contributed by atoms with Crippen LogP contribution in [0.3, 0.4) is 0 Å². The topological polar surface area (TPSA) is 72.6 Å². The van der Waals surface area contributed by atoms with Gasteiger partial charge in [0.15, 0.2) is 6.04 Å². The molecule has 2 aliphatic rings. The number of methoxy groups -OCH3 is 2. The standard InChI is InChI=1S/C14H24N2O4/c1-4-5-10-12(18-2)16-11(13(15-10)19-3)14(17)6-8-20-9-7-14/h10-11,17H,4-9H2,1-3H3. The van der Waals surface area contributed by atoms with E-state index in [4.69, 9.17) is 14.2 Å². The number of aliphatic imine (C=N–C) groups is 2. The van der Waals surface area contributed by atoms with Gasteiger partial charge in [-0.25, -0.2) is 9.98 Å². The van der Waals surface area contributed by atoms with E-state index in [1.807, 2.05) is 0 Å². The lowest BCUT2D eigenvalue weighted by Gasteiger charge is -2.38. The zero-order valence-corrected chi connectivity index (χ0v) is 12.5. The molecule has 114 valence electrons. The highest BCUT2D eigenvalue weighted by Crippen LogP contribution is 2.30. The average Bonchev–Trinajstić information content (AvgIpc) is 2.47. The number of aliphatic hydroxyl groups is 1. The van der Waals surface area contributed by atoms with Crippen molar-refractivity contribution < 1.29 is 19.3 Å². The van der Waals surface area contributed by atoms with Crippen molar-refractivity contribution in [3.63, 3.8) is 0 Å². The van der Waals surface area contributed by atoms with Crippen molar-refractivity contribution in [3.8, 4) is 0 Å². The fourth-order valence-electron chi connectivity index (χ4n) is 2.71. The zero-order valence-electron chi connectivity index (χ0n) is 12.5. The Labute approximate surface area is 119 Å². The van der Waals surface area contributed by atoms with E-state index < -0.39 is 11.6 Å². The Kier molecular flexibility index (Phi) is 4.99. The minimum Gasteiger partial charge on any atom is -0.483 e. The van der Waals surface area contributed by atoms with Gasteiger partial charge in [0.25, 0.3) is 0 Å². The van der Waals surface area contributed by atoms with E-state index >= 15 is 0 Å². The van der Waals surface area contributed by atoms with Crippen molar-refractivity contribution >= 4 is 11.8 Å². The van der Waals surface area contributed by atoms with Crippen LogP contribution in [0.4, 0.5) is 0 Å². The van der Waals surface area contributed by atoms with Gasteiger partial charge < -0.3 is 19.3 Å². The number of nitrogens with zero attached hydrogens (tertiary/aromatic N) is 2. The molecule has 0 aromatic heterocycles. The number of rotatable bonds is 3. The summed E-state index contributed by atoms with van der Waals surface area (Å²) in [5, 5.41) is 10.8. The van der Waals surface area contributed by atoms with E-state index in [0.29, 0.717) is 37.9 Å². The Morgan fingerprint density at radius 3 is 2.40 bits per heavy atom. The lowest BCUT2D eigenvalue weighted by atomic mass is 9.85. The van der Waals surface area contributed by atoms with Crippen LogP contribution in [0.5, 0.6) is 0 Å². The first-order chi connectivity index (χ1) is 9.64. The van der Waals surface area contributed by atoms with Crippen molar-refractivity contribution in [2.24, 2.45) is 9.98 Å². The molecule has 0 saturated carbocycles. The van der Waals surface area contributed by atoms with Crippen molar-refractivity contribution in [1.29, 1.82) is 0 Å². The van der Waals surface area contributed by atoms with Crippen LogP contribution >= 0.6 is 0 Å². The van der Waals surface area contributed by atoms with Crippen LogP contribution in [-0.2, 0) is 14.2 Å². The third-order valence-electron chi connectivity index (χ3n) is 3.91. The molecule has 0 aromatic rings. The van der Waals surface area contributed by atoms with Crippen molar-refractivity contribution in [2.45, 2.75) is 50.3 Å². The molecule has 2 atom stereocenters. The molecular formula is C14H24N2O4. The number of hydrogen-bond donors (Lipinski definition) is 1. The first-order valence-corrected chi connectivity index (χ1v) is 7.18. The molecule has 0 bridgehead atoms. The molecule has 2 rings (SSSR count). The van der Waals surface area contributed by atoms with Crippen molar-refractivity contribution in [3.05, 3.63) is 0 Å². The first-order valence-electron chi connectivity index (χ1n) is 7.18. The second-order valence-corrected chi connectivity index (χ2v) is 5.27. The van der Waals surface area contributed by atoms with Crippen LogP contribution in [0.2, 0.25) is 0 Å². The summed E-state index contributed by atoms with van der Waals surface area (Å²) in [6.07, 6.45) is 2.89. The maximum atomic E-state index is 10.8. The lowest BCUT2D eigenvalue weighted by Crippen LogP contribution is -2.53. The molecule has 0 amide bonds. The molecule has 2 heterocycles. The lowest BCUT2D eigenvalue weighted by molar-refractivity contribution is -0.0694. The van der Waals surface area contributed by atoms with Gasteiger partial charge in [0.2, 0.25) is 11.8 Å². The maximum absolute atomic E-state index is 10.8. The van der Waals surface area contributed by atoms with E-state index in [-0.39, 0.29) is 6.04 Å². The minimum absolute atomic E-state index is 0.111. The third-order valence-corrected chi connectivity index (χ3v) is 3.91. The second kappa shape index (κ2) is 6.54. The highest BCUT2D eigenvalue weighted by atomic mass is 16.5. The quantitative estimate of drug-likeness (QED) is 0.844. The summed E-state index contributed by atoms with van der Waals surface area (Å²) in [6.45, 7) is 3.15. The molecule has 1 N–H and O–H groups in total. The van der Waals surface area contributed by atoms with E-state index in [2.05, 4.69) is 16.9 Å². The van der Waals surface area contributed by atoms with E-state index in [1.54, 1.807) is 14.2 Å². The highest BCUT2D eigenvalue weighted by Gasteiger charge is 2.45. The SMILES string of the molecule is CCCC1N=C(OC)C(C2(O)CCOCC2)N=C1OC. The predicted octanol–water partition coefficient (Wildman–Crippen LogP) is 1.17. The van der Waals surface area contributed by atoms with Gasteiger partial charge in [0.1, 0.15) is 11.6 Å². The fraction of sp³-hybridized carbons (Fsp3) is 0.857. The Bertz CT molecular complexity index is 389.